The van der Waals surface area contributed by atoms with Crippen LogP contribution in [0, 0.1) is 0 Å². The number of hydrogen-bond donors (Lipinski definition) is 1. The van der Waals surface area contributed by atoms with E-state index in [0.717, 1.165) is 29.0 Å². The van der Waals surface area contributed by atoms with Gasteiger partial charge in [-0.2, -0.15) is 5.10 Å². The van der Waals surface area contributed by atoms with Gasteiger partial charge in [-0.1, -0.05) is 49.4 Å². The molecule has 0 unspecified atom stereocenters. The molecule has 5 nitrogen and oxygen atoms in total. The van der Waals surface area contributed by atoms with Crippen LogP contribution in [0.4, 0.5) is 0 Å². The number of ether oxygens (including phenoxy) is 1. The lowest BCUT2D eigenvalue weighted by Crippen LogP contribution is -2.30. The molecule has 134 valence electrons. The van der Waals surface area contributed by atoms with Gasteiger partial charge >= 0.3 is 0 Å². The molecule has 0 spiro atoms. The topological polar surface area (TPSA) is 56.1 Å². The summed E-state index contributed by atoms with van der Waals surface area (Å²) in [5.74, 6) is 0.600. The molecule has 0 aliphatic rings. The molecule has 1 atom stereocenters. The van der Waals surface area contributed by atoms with Crippen LogP contribution in [0.3, 0.4) is 0 Å². The SMILES string of the molecule is CCc1cc(C(=O)N[C@H](c2ccccc2)c2cccc(OC)c2)n(C)n1. The maximum Gasteiger partial charge on any atom is 0.270 e. The summed E-state index contributed by atoms with van der Waals surface area (Å²) in [5.41, 5.74) is 3.41. The van der Waals surface area contributed by atoms with Gasteiger partial charge in [0, 0.05) is 7.05 Å². The molecule has 0 fully saturated rings. The van der Waals surface area contributed by atoms with Gasteiger partial charge < -0.3 is 10.1 Å². The summed E-state index contributed by atoms with van der Waals surface area (Å²) in [6.45, 7) is 2.02. The first kappa shape index (κ1) is 17.7. The number of aryl methyl sites for hydroxylation is 2. The van der Waals surface area contributed by atoms with E-state index in [1.807, 2.05) is 67.6 Å². The quantitative estimate of drug-likeness (QED) is 0.741. The number of nitrogens with one attached hydrogen (secondary N) is 1. The predicted octanol–water partition coefficient (Wildman–Crippen LogP) is 3.51. The number of carbonyl (C=O) groups excluding carboxylic acids is 1. The fraction of sp³-hybridized carbons (Fsp3) is 0.238. The van der Waals surface area contributed by atoms with E-state index in [4.69, 9.17) is 4.74 Å². The van der Waals surface area contributed by atoms with Crippen molar-refractivity contribution in [2.45, 2.75) is 19.4 Å². The summed E-state index contributed by atoms with van der Waals surface area (Å²) >= 11 is 0. The molecule has 0 bridgehead atoms. The minimum Gasteiger partial charge on any atom is -0.497 e. The minimum absolute atomic E-state index is 0.156. The normalized spacial score (nSPS) is 11.8. The summed E-state index contributed by atoms with van der Waals surface area (Å²) in [6.07, 6.45) is 0.791. The number of hydrogen-bond acceptors (Lipinski definition) is 3. The van der Waals surface area contributed by atoms with E-state index in [0.29, 0.717) is 5.69 Å². The van der Waals surface area contributed by atoms with Gasteiger partial charge in [-0.05, 0) is 35.7 Å². The maximum atomic E-state index is 12.9. The molecule has 3 rings (SSSR count). The van der Waals surface area contributed by atoms with Gasteiger partial charge in [0.1, 0.15) is 11.4 Å². The van der Waals surface area contributed by atoms with Crippen molar-refractivity contribution >= 4 is 5.91 Å². The zero-order valence-electron chi connectivity index (χ0n) is 15.3. The Morgan fingerprint density at radius 1 is 1.12 bits per heavy atom. The molecule has 1 amide bonds. The van der Waals surface area contributed by atoms with Crippen molar-refractivity contribution in [2.24, 2.45) is 7.05 Å². The first-order valence-corrected chi connectivity index (χ1v) is 8.65. The predicted molar refractivity (Wildman–Crippen MR) is 101 cm³/mol. The average molecular weight is 349 g/mol. The number of methoxy groups -OCH3 is 1. The summed E-state index contributed by atoms with van der Waals surface area (Å²) in [6, 6.07) is 19.2. The Morgan fingerprint density at radius 3 is 2.50 bits per heavy atom. The van der Waals surface area contributed by atoms with Crippen LogP contribution in [0.25, 0.3) is 0 Å². The Morgan fingerprint density at radius 2 is 1.85 bits per heavy atom. The fourth-order valence-corrected chi connectivity index (χ4v) is 2.94. The molecule has 0 aliphatic carbocycles. The molecule has 0 saturated heterocycles. The highest BCUT2D eigenvalue weighted by atomic mass is 16.5. The molecular weight excluding hydrogens is 326 g/mol. The number of carbonyl (C=O) groups is 1. The molecule has 26 heavy (non-hydrogen) atoms. The van der Waals surface area contributed by atoms with Gasteiger partial charge in [0.15, 0.2) is 0 Å². The third kappa shape index (κ3) is 3.77. The van der Waals surface area contributed by atoms with Gasteiger partial charge in [-0.3, -0.25) is 9.48 Å². The first-order chi connectivity index (χ1) is 12.6. The van der Waals surface area contributed by atoms with Crippen molar-refractivity contribution in [2.75, 3.05) is 7.11 Å². The van der Waals surface area contributed by atoms with E-state index in [1.54, 1.807) is 18.8 Å². The third-order valence-corrected chi connectivity index (χ3v) is 4.36. The van der Waals surface area contributed by atoms with Crippen molar-refractivity contribution in [3.8, 4) is 5.75 Å². The van der Waals surface area contributed by atoms with Gasteiger partial charge in [0.25, 0.3) is 5.91 Å². The number of rotatable bonds is 6. The summed E-state index contributed by atoms with van der Waals surface area (Å²) < 4.78 is 6.97. The fourth-order valence-electron chi connectivity index (χ4n) is 2.94. The summed E-state index contributed by atoms with van der Waals surface area (Å²) in [7, 11) is 3.42. The Labute approximate surface area is 153 Å². The summed E-state index contributed by atoms with van der Waals surface area (Å²) in [5, 5.41) is 7.51. The lowest BCUT2D eigenvalue weighted by molar-refractivity contribution is 0.0933. The molecule has 0 radical (unpaired) electrons. The molecule has 2 aromatic carbocycles. The largest absolute Gasteiger partial charge is 0.497 e. The monoisotopic (exact) mass is 349 g/mol. The van der Waals surface area contributed by atoms with E-state index >= 15 is 0 Å². The average Bonchev–Trinajstić information content (AvgIpc) is 3.07. The number of amides is 1. The Bertz CT molecular complexity index is 887. The van der Waals surface area contributed by atoms with Crippen molar-refractivity contribution < 1.29 is 9.53 Å². The van der Waals surface area contributed by atoms with Crippen molar-refractivity contribution in [1.29, 1.82) is 0 Å². The third-order valence-electron chi connectivity index (χ3n) is 4.36. The highest BCUT2D eigenvalue weighted by Gasteiger charge is 2.20. The Hall–Kier alpha value is -3.08. The lowest BCUT2D eigenvalue weighted by Gasteiger charge is -2.20. The van der Waals surface area contributed by atoms with Gasteiger partial charge in [-0.25, -0.2) is 0 Å². The van der Waals surface area contributed by atoms with Crippen molar-refractivity contribution in [1.82, 2.24) is 15.1 Å². The van der Waals surface area contributed by atoms with Gasteiger partial charge in [0.05, 0.1) is 18.8 Å². The molecular formula is C21H23N3O2. The minimum atomic E-state index is -0.279. The first-order valence-electron chi connectivity index (χ1n) is 8.65. The molecule has 1 aromatic heterocycles. The number of benzene rings is 2. The van der Waals surface area contributed by atoms with Gasteiger partial charge in [0.2, 0.25) is 0 Å². The highest BCUT2D eigenvalue weighted by Crippen LogP contribution is 2.25. The van der Waals surface area contributed by atoms with Crippen LogP contribution in [0.2, 0.25) is 0 Å². The molecule has 5 heteroatoms. The van der Waals surface area contributed by atoms with Crippen LogP contribution in [-0.2, 0) is 13.5 Å². The van der Waals surface area contributed by atoms with Crippen LogP contribution in [-0.4, -0.2) is 22.8 Å². The van der Waals surface area contributed by atoms with Crippen LogP contribution in [0.1, 0.15) is 40.3 Å². The number of nitrogens with zero attached hydrogens (tertiary/aromatic N) is 2. The highest BCUT2D eigenvalue weighted by molar-refractivity contribution is 5.93. The van der Waals surface area contributed by atoms with Crippen LogP contribution in [0.15, 0.2) is 60.7 Å². The van der Waals surface area contributed by atoms with Gasteiger partial charge in [-0.15, -0.1) is 0 Å². The zero-order chi connectivity index (χ0) is 18.5. The van der Waals surface area contributed by atoms with E-state index in [9.17, 15) is 4.79 Å². The summed E-state index contributed by atoms with van der Waals surface area (Å²) in [4.78, 5) is 12.9. The maximum absolute atomic E-state index is 12.9. The van der Waals surface area contributed by atoms with Crippen LogP contribution in [0.5, 0.6) is 5.75 Å². The van der Waals surface area contributed by atoms with E-state index in [2.05, 4.69) is 10.4 Å². The van der Waals surface area contributed by atoms with Crippen LogP contribution < -0.4 is 10.1 Å². The number of aromatic nitrogens is 2. The molecule has 3 aromatic rings. The van der Waals surface area contributed by atoms with Crippen molar-refractivity contribution in [3.63, 3.8) is 0 Å². The second-order valence-corrected chi connectivity index (χ2v) is 6.09. The Kier molecular flexibility index (Phi) is 5.37. The second kappa shape index (κ2) is 7.87. The van der Waals surface area contributed by atoms with Crippen molar-refractivity contribution in [3.05, 3.63) is 83.2 Å². The van der Waals surface area contributed by atoms with E-state index in [1.165, 1.54) is 0 Å². The van der Waals surface area contributed by atoms with Crippen LogP contribution >= 0.6 is 0 Å². The smallest absolute Gasteiger partial charge is 0.270 e. The standard InChI is InChI=1S/C21H23N3O2/c1-4-17-14-19(24(2)23-17)21(25)22-20(15-9-6-5-7-10-15)16-11-8-12-18(13-16)26-3/h5-14,20H,4H2,1-3H3,(H,22,25)/t20-/m1/s1. The Balaban J connectivity index is 1.95. The molecule has 1 N–H and O–H groups in total. The zero-order valence-corrected chi connectivity index (χ0v) is 15.3. The second-order valence-electron chi connectivity index (χ2n) is 6.09. The lowest BCUT2D eigenvalue weighted by atomic mass is 9.98. The van der Waals surface area contributed by atoms with E-state index < -0.39 is 0 Å². The molecule has 0 aliphatic heterocycles. The van der Waals surface area contributed by atoms with E-state index in [-0.39, 0.29) is 11.9 Å². The molecule has 1 heterocycles. The molecule has 0 saturated carbocycles.